The lowest BCUT2D eigenvalue weighted by molar-refractivity contribution is -0.149. The number of nitrogens with zero attached hydrogens (tertiary/aromatic N) is 1. The molecule has 0 radical (unpaired) electrons. The summed E-state index contributed by atoms with van der Waals surface area (Å²) in [4.78, 5) is 26.0. The molecule has 5 nitrogen and oxygen atoms in total. The van der Waals surface area contributed by atoms with Crippen LogP contribution in [0.25, 0.3) is 0 Å². The largest absolute Gasteiger partial charge is 0.479 e. The molecule has 0 saturated carbocycles. The van der Waals surface area contributed by atoms with Gasteiger partial charge in [-0.3, -0.25) is 4.99 Å². The SMILES string of the molecule is O=C(O)C(N=C(c1ccccc1)c1ccccc1)C(=O)O. The Hall–Kier alpha value is -2.95. The minimum atomic E-state index is -1.83. The molecule has 0 aliphatic rings. The summed E-state index contributed by atoms with van der Waals surface area (Å²) in [5.74, 6) is -2.99. The van der Waals surface area contributed by atoms with Gasteiger partial charge >= 0.3 is 11.9 Å². The van der Waals surface area contributed by atoms with Gasteiger partial charge in [0.05, 0.1) is 5.71 Å². The lowest BCUT2D eigenvalue weighted by Gasteiger charge is -2.10. The fourth-order valence-corrected chi connectivity index (χ4v) is 1.85. The van der Waals surface area contributed by atoms with E-state index in [4.69, 9.17) is 10.2 Å². The summed E-state index contributed by atoms with van der Waals surface area (Å²) >= 11 is 0. The predicted molar refractivity (Wildman–Crippen MR) is 77.6 cm³/mol. The van der Waals surface area contributed by atoms with Gasteiger partial charge in [0.25, 0.3) is 0 Å². The lowest BCUT2D eigenvalue weighted by atomic mass is 10.0. The summed E-state index contributed by atoms with van der Waals surface area (Å²) in [5, 5.41) is 18.0. The predicted octanol–water partition coefficient (Wildman–Crippen LogP) is 2.06. The number of hydrogen-bond acceptors (Lipinski definition) is 3. The number of carboxylic acid groups (broad SMARTS) is 2. The normalized spacial score (nSPS) is 10.1. The Morgan fingerprint density at radius 2 is 1.14 bits per heavy atom. The van der Waals surface area contributed by atoms with Crippen molar-refractivity contribution >= 4 is 17.7 Å². The van der Waals surface area contributed by atoms with E-state index in [2.05, 4.69) is 4.99 Å². The van der Waals surface area contributed by atoms with E-state index in [9.17, 15) is 9.59 Å². The van der Waals surface area contributed by atoms with Crippen LogP contribution in [-0.2, 0) is 9.59 Å². The van der Waals surface area contributed by atoms with E-state index in [0.717, 1.165) is 0 Å². The molecular weight excluding hydrogens is 270 g/mol. The minimum Gasteiger partial charge on any atom is -0.479 e. The van der Waals surface area contributed by atoms with Crippen molar-refractivity contribution in [2.45, 2.75) is 6.04 Å². The molecule has 5 heteroatoms. The van der Waals surface area contributed by atoms with Gasteiger partial charge in [0.2, 0.25) is 6.04 Å². The second kappa shape index (κ2) is 6.47. The Morgan fingerprint density at radius 1 is 0.762 bits per heavy atom. The number of hydrogen-bond donors (Lipinski definition) is 2. The molecule has 0 bridgehead atoms. The Balaban J connectivity index is 2.56. The van der Waals surface area contributed by atoms with E-state index in [1.807, 2.05) is 12.1 Å². The van der Waals surface area contributed by atoms with Crippen LogP contribution in [0.15, 0.2) is 65.7 Å². The quantitative estimate of drug-likeness (QED) is 0.649. The molecule has 0 aliphatic carbocycles. The van der Waals surface area contributed by atoms with Crippen molar-refractivity contribution in [3.8, 4) is 0 Å². The van der Waals surface area contributed by atoms with Crippen LogP contribution in [0.1, 0.15) is 11.1 Å². The average Bonchev–Trinajstić information content (AvgIpc) is 2.49. The van der Waals surface area contributed by atoms with Crippen LogP contribution < -0.4 is 0 Å². The third-order valence-corrected chi connectivity index (χ3v) is 2.82. The molecule has 2 aromatic carbocycles. The number of carboxylic acids is 2. The first kappa shape index (κ1) is 14.5. The van der Waals surface area contributed by atoms with Gasteiger partial charge in [-0.05, 0) is 0 Å². The number of aliphatic carboxylic acids is 2. The molecule has 0 heterocycles. The van der Waals surface area contributed by atoms with Crippen molar-refractivity contribution in [3.05, 3.63) is 71.8 Å². The molecule has 2 rings (SSSR count). The Labute approximate surface area is 121 Å². The molecule has 0 unspecified atom stereocenters. The van der Waals surface area contributed by atoms with Crippen molar-refractivity contribution in [1.29, 1.82) is 0 Å². The van der Waals surface area contributed by atoms with Gasteiger partial charge < -0.3 is 10.2 Å². The number of benzene rings is 2. The zero-order valence-corrected chi connectivity index (χ0v) is 11.0. The molecule has 0 amide bonds. The summed E-state index contributed by atoms with van der Waals surface area (Å²) in [6.07, 6.45) is 0. The molecular formula is C16H13NO4. The maximum atomic E-state index is 11.1. The Morgan fingerprint density at radius 3 is 1.48 bits per heavy atom. The fraction of sp³-hybridized carbons (Fsp3) is 0.0625. The monoisotopic (exact) mass is 283 g/mol. The molecule has 2 N–H and O–H groups in total. The third-order valence-electron chi connectivity index (χ3n) is 2.82. The fourth-order valence-electron chi connectivity index (χ4n) is 1.85. The summed E-state index contributed by atoms with van der Waals surface area (Å²) in [5.41, 5.74) is 1.67. The van der Waals surface area contributed by atoms with Crippen molar-refractivity contribution < 1.29 is 19.8 Å². The van der Waals surface area contributed by atoms with Crippen molar-refractivity contribution in [1.82, 2.24) is 0 Å². The highest BCUT2D eigenvalue weighted by Gasteiger charge is 2.26. The topological polar surface area (TPSA) is 87.0 Å². The summed E-state index contributed by atoms with van der Waals surface area (Å²) in [6, 6.07) is 16.0. The summed E-state index contributed by atoms with van der Waals surface area (Å²) in [6.45, 7) is 0. The van der Waals surface area contributed by atoms with Gasteiger partial charge in [-0.2, -0.15) is 0 Å². The molecule has 0 saturated heterocycles. The van der Waals surface area contributed by atoms with Crippen LogP contribution in [0, 0.1) is 0 Å². The lowest BCUT2D eigenvalue weighted by Crippen LogP contribution is -2.29. The first-order chi connectivity index (χ1) is 10.1. The van der Waals surface area contributed by atoms with E-state index >= 15 is 0 Å². The zero-order valence-electron chi connectivity index (χ0n) is 11.0. The van der Waals surface area contributed by atoms with Gasteiger partial charge in [-0.25, -0.2) is 9.59 Å². The second-order valence-electron chi connectivity index (χ2n) is 4.29. The molecule has 0 aliphatic heterocycles. The number of rotatable bonds is 5. The van der Waals surface area contributed by atoms with Gasteiger partial charge in [0, 0.05) is 11.1 Å². The summed E-state index contributed by atoms with van der Waals surface area (Å²) in [7, 11) is 0. The van der Waals surface area contributed by atoms with Gasteiger partial charge in [0.1, 0.15) is 0 Å². The van der Waals surface area contributed by atoms with Crippen molar-refractivity contribution in [2.24, 2.45) is 4.99 Å². The zero-order chi connectivity index (χ0) is 15.2. The molecule has 0 spiro atoms. The highest BCUT2D eigenvalue weighted by molar-refractivity contribution is 6.15. The smallest absolute Gasteiger partial charge is 0.340 e. The second-order valence-corrected chi connectivity index (χ2v) is 4.29. The maximum Gasteiger partial charge on any atom is 0.340 e. The van der Waals surface area contributed by atoms with Crippen LogP contribution in [0.4, 0.5) is 0 Å². The summed E-state index contributed by atoms with van der Waals surface area (Å²) < 4.78 is 0. The van der Waals surface area contributed by atoms with E-state index in [-0.39, 0.29) is 0 Å². The van der Waals surface area contributed by atoms with Crippen LogP contribution in [0.3, 0.4) is 0 Å². The van der Waals surface area contributed by atoms with Crippen molar-refractivity contribution in [3.63, 3.8) is 0 Å². The molecule has 0 aromatic heterocycles. The standard InChI is InChI=1S/C16H13NO4/c18-15(19)14(16(20)21)17-13(11-7-3-1-4-8-11)12-9-5-2-6-10-12/h1-10,14H,(H,18,19)(H,20,21). The third kappa shape index (κ3) is 3.54. The van der Waals surface area contributed by atoms with Crippen LogP contribution in [-0.4, -0.2) is 33.9 Å². The molecule has 21 heavy (non-hydrogen) atoms. The van der Waals surface area contributed by atoms with Crippen LogP contribution in [0.2, 0.25) is 0 Å². The molecule has 106 valence electrons. The highest BCUT2D eigenvalue weighted by Crippen LogP contribution is 2.12. The van der Waals surface area contributed by atoms with Crippen LogP contribution >= 0.6 is 0 Å². The Kier molecular flexibility index (Phi) is 4.46. The van der Waals surface area contributed by atoms with E-state index < -0.39 is 18.0 Å². The van der Waals surface area contributed by atoms with E-state index in [1.165, 1.54) is 0 Å². The minimum absolute atomic E-state index is 0.339. The molecule has 0 atom stereocenters. The van der Waals surface area contributed by atoms with Gasteiger partial charge in [-0.15, -0.1) is 0 Å². The van der Waals surface area contributed by atoms with Gasteiger partial charge in [-0.1, -0.05) is 60.7 Å². The maximum absolute atomic E-state index is 11.1. The Bertz CT molecular complexity index is 610. The van der Waals surface area contributed by atoms with Gasteiger partial charge in [0.15, 0.2) is 0 Å². The highest BCUT2D eigenvalue weighted by atomic mass is 16.4. The first-order valence-corrected chi connectivity index (χ1v) is 6.24. The van der Waals surface area contributed by atoms with Crippen LogP contribution in [0.5, 0.6) is 0 Å². The number of aliphatic imine (C=N–C) groups is 1. The van der Waals surface area contributed by atoms with E-state index in [0.29, 0.717) is 16.8 Å². The molecule has 0 fully saturated rings. The van der Waals surface area contributed by atoms with Crippen molar-refractivity contribution in [2.75, 3.05) is 0 Å². The van der Waals surface area contributed by atoms with E-state index in [1.54, 1.807) is 48.5 Å². The average molecular weight is 283 g/mol. The number of carbonyl (C=O) groups is 2. The first-order valence-electron chi connectivity index (χ1n) is 6.24. The molecule has 2 aromatic rings.